The third-order valence-corrected chi connectivity index (χ3v) is 3.59. The fourth-order valence-corrected chi connectivity index (χ4v) is 2.36. The largest absolute Gasteiger partial charge is 0.489 e. The first-order valence-electron chi connectivity index (χ1n) is 6.43. The Bertz CT molecular complexity index is 352. The molecule has 1 aromatic rings. The molecule has 1 fully saturated rings. The lowest BCUT2D eigenvalue weighted by Gasteiger charge is -2.19. The first-order chi connectivity index (χ1) is 8.28. The minimum atomic E-state index is 0.304. The Hall–Kier alpha value is -0.290. The van der Waals surface area contributed by atoms with E-state index in [2.05, 4.69) is 53.0 Å². The van der Waals surface area contributed by atoms with Gasteiger partial charge in [0.1, 0.15) is 11.9 Å². The molecule has 17 heavy (non-hydrogen) atoms. The van der Waals surface area contributed by atoms with Crippen molar-refractivity contribution in [2.24, 2.45) is 0 Å². The summed E-state index contributed by atoms with van der Waals surface area (Å²) >= 11 is 2.32. The zero-order valence-electron chi connectivity index (χ0n) is 10.3. The van der Waals surface area contributed by atoms with Gasteiger partial charge in [-0.15, -0.1) is 0 Å². The number of hydrogen-bond donors (Lipinski definition) is 1. The van der Waals surface area contributed by atoms with Gasteiger partial charge in [-0.05, 0) is 60.1 Å². The van der Waals surface area contributed by atoms with Gasteiger partial charge in [-0.2, -0.15) is 0 Å². The van der Waals surface area contributed by atoms with Crippen molar-refractivity contribution in [3.63, 3.8) is 0 Å². The second-order valence-corrected chi connectivity index (χ2v) is 5.91. The van der Waals surface area contributed by atoms with E-state index < -0.39 is 0 Å². The van der Waals surface area contributed by atoms with E-state index in [1.54, 1.807) is 0 Å². The Morgan fingerprint density at radius 3 is 2.94 bits per heavy atom. The van der Waals surface area contributed by atoms with Crippen molar-refractivity contribution in [3.05, 3.63) is 27.8 Å². The second kappa shape index (κ2) is 6.59. The molecule has 0 spiro atoms. The lowest BCUT2D eigenvalue weighted by atomic mass is 10.2. The number of benzene rings is 1. The smallest absolute Gasteiger partial charge is 0.120 e. The summed E-state index contributed by atoms with van der Waals surface area (Å²) in [4.78, 5) is 0. The lowest BCUT2D eigenvalue weighted by molar-refractivity contribution is 0.186. The summed E-state index contributed by atoms with van der Waals surface area (Å²) < 4.78 is 7.27. The van der Waals surface area contributed by atoms with Gasteiger partial charge in [0.25, 0.3) is 0 Å². The van der Waals surface area contributed by atoms with Crippen molar-refractivity contribution in [2.75, 3.05) is 6.54 Å². The molecule has 0 amide bonds. The second-order valence-electron chi connectivity index (χ2n) is 4.67. The van der Waals surface area contributed by atoms with E-state index >= 15 is 0 Å². The normalized spacial score (nSPS) is 16.8. The van der Waals surface area contributed by atoms with Crippen LogP contribution in [0.5, 0.6) is 5.75 Å². The Labute approximate surface area is 117 Å². The van der Waals surface area contributed by atoms with Gasteiger partial charge >= 0.3 is 0 Å². The molecule has 2 nitrogen and oxygen atoms in total. The molecule has 1 aliphatic carbocycles. The Balaban J connectivity index is 1.86. The molecule has 1 atom stereocenters. The SMILES string of the molecule is CCCC(CNC1CC1)Oc1cccc(I)c1. The van der Waals surface area contributed by atoms with Crippen LogP contribution in [-0.2, 0) is 0 Å². The number of hydrogen-bond acceptors (Lipinski definition) is 2. The molecule has 1 N–H and O–H groups in total. The van der Waals surface area contributed by atoms with Gasteiger partial charge in [0, 0.05) is 16.2 Å². The van der Waals surface area contributed by atoms with E-state index in [1.165, 1.54) is 22.8 Å². The topological polar surface area (TPSA) is 21.3 Å². The monoisotopic (exact) mass is 345 g/mol. The van der Waals surface area contributed by atoms with Gasteiger partial charge in [-0.25, -0.2) is 0 Å². The molecule has 94 valence electrons. The Morgan fingerprint density at radius 2 is 2.29 bits per heavy atom. The zero-order chi connectivity index (χ0) is 12.1. The van der Waals surface area contributed by atoms with Crippen LogP contribution in [0.1, 0.15) is 32.6 Å². The van der Waals surface area contributed by atoms with Crippen molar-refractivity contribution in [1.29, 1.82) is 0 Å². The van der Waals surface area contributed by atoms with Crippen molar-refractivity contribution in [2.45, 2.75) is 44.8 Å². The highest BCUT2D eigenvalue weighted by Gasteiger charge is 2.22. The maximum atomic E-state index is 6.05. The first-order valence-corrected chi connectivity index (χ1v) is 7.51. The molecule has 0 saturated heterocycles. The minimum Gasteiger partial charge on any atom is -0.489 e. The first kappa shape index (κ1) is 13.1. The van der Waals surface area contributed by atoms with Crippen LogP contribution < -0.4 is 10.1 Å². The predicted molar refractivity (Wildman–Crippen MR) is 79.5 cm³/mol. The van der Waals surface area contributed by atoms with Crippen molar-refractivity contribution in [3.8, 4) is 5.75 Å². The highest BCUT2D eigenvalue weighted by Crippen LogP contribution is 2.20. The quantitative estimate of drug-likeness (QED) is 0.763. The summed E-state index contributed by atoms with van der Waals surface area (Å²) in [6, 6.07) is 9.04. The van der Waals surface area contributed by atoms with Crippen LogP contribution in [0.3, 0.4) is 0 Å². The fraction of sp³-hybridized carbons (Fsp3) is 0.571. The van der Waals surface area contributed by atoms with Crippen molar-refractivity contribution >= 4 is 22.6 Å². The maximum absolute atomic E-state index is 6.05. The third-order valence-electron chi connectivity index (χ3n) is 2.92. The average Bonchev–Trinajstić information content (AvgIpc) is 3.10. The summed E-state index contributed by atoms with van der Waals surface area (Å²) in [5, 5.41) is 3.55. The lowest BCUT2D eigenvalue weighted by Crippen LogP contribution is -2.32. The molecule has 1 aromatic carbocycles. The van der Waals surface area contributed by atoms with E-state index in [-0.39, 0.29) is 0 Å². The molecule has 0 aliphatic heterocycles. The third kappa shape index (κ3) is 4.84. The van der Waals surface area contributed by atoms with Crippen LogP contribution in [0.25, 0.3) is 0 Å². The molecule has 3 heteroatoms. The minimum absolute atomic E-state index is 0.304. The summed E-state index contributed by atoms with van der Waals surface area (Å²) in [6.45, 7) is 3.19. The Morgan fingerprint density at radius 1 is 1.47 bits per heavy atom. The van der Waals surface area contributed by atoms with Crippen LogP contribution in [0.2, 0.25) is 0 Å². The van der Waals surface area contributed by atoms with Crippen LogP contribution in [0, 0.1) is 3.57 Å². The molecule has 0 bridgehead atoms. The number of rotatable bonds is 7. The van der Waals surface area contributed by atoms with Crippen molar-refractivity contribution in [1.82, 2.24) is 5.32 Å². The van der Waals surface area contributed by atoms with E-state index in [0.29, 0.717) is 6.10 Å². The molecular weight excluding hydrogens is 325 g/mol. The van der Waals surface area contributed by atoms with Gasteiger partial charge in [0.05, 0.1) is 0 Å². The van der Waals surface area contributed by atoms with Gasteiger partial charge in [0.2, 0.25) is 0 Å². The number of halogens is 1. The molecule has 1 unspecified atom stereocenters. The van der Waals surface area contributed by atoms with Crippen LogP contribution in [-0.4, -0.2) is 18.7 Å². The molecule has 2 rings (SSSR count). The zero-order valence-corrected chi connectivity index (χ0v) is 12.4. The number of ether oxygens (including phenoxy) is 1. The van der Waals surface area contributed by atoms with Crippen LogP contribution in [0.4, 0.5) is 0 Å². The van der Waals surface area contributed by atoms with E-state index in [4.69, 9.17) is 4.74 Å². The maximum Gasteiger partial charge on any atom is 0.120 e. The van der Waals surface area contributed by atoms with Gasteiger partial charge in [-0.1, -0.05) is 19.4 Å². The summed E-state index contributed by atoms with van der Waals surface area (Å²) in [7, 11) is 0. The summed E-state index contributed by atoms with van der Waals surface area (Å²) in [5.41, 5.74) is 0. The molecular formula is C14H20INO. The molecule has 1 saturated carbocycles. The highest BCUT2D eigenvalue weighted by molar-refractivity contribution is 14.1. The molecule has 0 radical (unpaired) electrons. The van der Waals surface area contributed by atoms with E-state index in [9.17, 15) is 0 Å². The number of nitrogens with one attached hydrogen (secondary N) is 1. The predicted octanol–water partition coefficient (Wildman–Crippen LogP) is 3.59. The van der Waals surface area contributed by atoms with Crippen molar-refractivity contribution < 1.29 is 4.74 Å². The Kier molecular flexibility index (Phi) is 5.10. The standard InChI is InChI=1S/C14H20INO/c1-2-4-14(10-16-12-7-8-12)17-13-6-3-5-11(15)9-13/h3,5-6,9,12,14,16H,2,4,7-8,10H2,1H3. The average molecular weight is 345 g/mol. The van der Waals surface area contributed by atoms with E-state index in [0.717, 1.165) is 24.8 Å². The fourth-order valence-electron chi connectivity index (χ4n) is 1.84. The molecule has 1 aliphatic rings. The summed E-state index contributed by atoms with van der Waals surface area (Å²) in [6.07, 6.45) is 5.26. The summed E-state index contributed by atoms with van der Waals surface area (Å²) in [5.74, 6) is 0.993. The van der Waals surface area contributed by atoms with Gasteiger partial charge < -0.3 is 10.1 Å². The van der Waals surface area contributed by atoms with Crippen LogP contribution in [0.15, 0.2) is 24.3 Å². The van der Waals surface area contributed by atoms with E-state index in [1.807, 2.05) is 6.07 Å². The van der Waals surface area contributed by atoms with Gasteiger partial charge in [0.15, 0.2) is 0 Å². The molecule has 0 heterocycles. The molecule has 0 aromatic heterocycles. The highest BCUT2D eigenvalue weighted by atomic mass is 127. The van der Waals surface area contributed by atoms with Crippen LogP contribution >= 0.6 is 22.6 Å². The van der Waals surface area contributed by atoms with Gasteiger partial charge in [-0.3, -0.25) is 0 Å².